The molecule has 4 rings (SSSR count). The van der Waals surface area contributed by atoms with Crippen molar-refractivity contribution in [1.29, 1.82) is 0 Å². The van der Waals surface area contributed by atoms with Crippen molar-refractivity contribution in [2.24, 2.45) is 0 Å². The number of nitro groups is 1. The molecule has 2 aliphatic heterocycles. The second-order valence-electron chi connectivity index (χ2n) is 6.20. The molecule has 1 N–H and O–H groups in total. The lowest BCUT2D eigenvalue weighted by atomic mass is 10.1. The SMILES string of the molecule is O=C(Nc1cc2c(cc1Cl)OCO2)c1ccc(N2CCOCC2)c([N+](=O)[O-])c1. The van der Waals surface area contributed by atoms with Crippen molar-refractivity contribution in [3.05, 3.63) is 51.0 Å². The Morgan fingerprint density at radius 1 is 1.14 bits per heavy atom. The number of rotatable bonds is 4. The number of carbonyl (C=O) groups excluding carboxylic acids is 1. The minimum absolute atomic E-state index is 0.0816. The van der Waals surface area contributed by atoms with E-state index in [0.29, 0.717) is 49.2 Å². The van der Waals surface area contributed by atoms with Crippen LogP contribution >= 0.6 is 11.6 Å². The van der Waals surface area contributed by atoms with E-state index in [0.717, 1.165) is 0 Å². The number of carbonyl (C=O) groups is 1. The maximum Gasteiger partial charge on any atom is 0.293 e. The number of nitro benzene ring substituents is 1. The average Bonchev–Trinajstić information content (AvgIpc) is 3.15. The summed E-state index contributed by atoms with van der Waals surface area (Å²) in [4.78, 5) is 25.6. The lowest BCUT2D eigenvalue weighted by Crippen LogP contribution is -2.36. The molecule has 2 heterocycles. The van der Waals surface area contributed by atoms with Gasteiger partial charge in [0.15, 0.2) is 11.5 Å². The van der Waals surface area contributed by atoms with Gasteiger partial charge in [-0.25, -0.2) is 0 Å². The van der Waals surface area contributed by atoms with Crippen LogP contribution in [-0.4, -0.2) is 43.9 Å². The van der Waals surface area contributed by atoms with Gasteiger partial charge in [0.1, 0.15) is 5.69 Å². The van der Waals surface area contributed by atoms with Gasteiger partial charge in [-0.2, -0.15) is 0 Å². The molecule has 9 nitrogen and oxygen atoms in total. The van der Waals surface area contributed by atoms with Crippen LogP contribution < -0.4 is 19.7 Å². The first kappa shape index (κ1) is 18.3. The van der Waals surface area contributed by atoms with E-state index in [-0.39, 0.29) is 23.1 Å². The molecular weight excluding hydrogens is 390 g/mol. The molecule has 1 fully saturated rings. The van der Waals surface area contributed by atoms with Crippen LogP contribution in [0.1, 0.15) is 10.4 Å². The fourth-order valence-electron chi connectivity index (χ4n) is 3.09. The fraction of sp³-hybridized carbons (Fsp3) is 0.278. The van der Waals surface area contributed by atoms with Gasteiger partial charge in [0, 0.05) is 36.9 Å². The number of nitrogens with one attached hydrogen (secondary N) is 1. The van der Waals surface area contributed by atoms with Crippen molar-refractivity contribution < 1.29 is 23.9 Å². The van der Waals surface area contributed by atoms with Crippen LogP contribution in [0.4, 0.5) is 17.1 Å². The zero-order chi connectivity index (χ0) is 19.7. The number of benzene rings is 2. The molecule has 2 aromatic rings. The standard InChI is InChI=1S/C18H16ClN3O6/c19-12-8-16-17(28-10-27-16)9-13(12)20-18(23)11-1-2-14(15(7-11)22(24)25)21-3-5-26-6-4-21/h1-2,7-9H,3-6,10H2,(H,20,23). The van der Waals surface area contributed by atoms with Crippen molar-refractivity contribution in [3.63, 3.8) is 0 Å². The Morgan fingerprint density at radius 2 is 1.86 bits per heavy atom. The second kappa shape index (κ2) is 7.53. The molecule has 2 aliphatic rings. The zero-order valence-corrected chi connectivity index (χ0v) is 15.4. The highest BCUT2D eigenvalue weighted by Crippen LogP contribution is 2.39. The van der Waals surface area contributed by atoms with Crippen molar-refractivity contribution in [2.75, 3.05) is 43.3 Å². The van der Waals surface area contributed by atoms with Crippen LogP contribution in [0.25, 0.3) is 0 Å². The molecule has 1 saturated heterocycles. The van der Waals surface area contributed by atoms with E-state index in [1.807, 2.05) is 4.90 Å². The highest BCUT2D eigenvalue weighted by atomic mass is 35.5. The van der Waals surface area contributed by atoms with E-state index in [9.17, 15) is 14.9 Å². The molecule has 0 aromatic heterocycles. The van der Waals surface area contributed by atoms with Gasteiger partial charge in [0.2, 0.25) is 6.79 Å². The summed E-state index contributed by atoms with van der Waals surface area (Å²) in [5.41, 5.74) is 0.811. The van der Waals surface area contributed by atoms with Crippen molar-refractivity contribution in [2.45, 2.75) is 0 Å². The van der Waals surface area contributed by atoms with Crippen molar-refractivity contribution in [1.82, 2.24) is 0 Å². The molecule has 0 saturated carbocycles. The zero-order valence-electron chi connectivity index (χ0n) is 14.6. The van der Waals surface area contributed by atoms with E-state index >= 15 is 0 Å². The molecule has 10 heteroatoms. The van der Waals surface area contributed by atoms with Crippen molar-refractivity contribution in [3.8, 4) is 11.5 Å². The highest BCUT2D eigenvalue weighted by molar-refractivity contribution is 6.34. The van der Waals surface area contributed by atoms with E-state index in [2.05, 4.69) is 5.32 Å². The second-order valence-corrected chi connectivity index (χ2v) is 6.61. The topological polar surface area (TPSA) is 103 Å². The lowest BCUT2D eigenvalue weighted by Gasteiger charge is -2.28. The Kier molecular flexibility index (Phi) is 4.93. The van der Waals surface area contributed by atoms with Crippen LogP contribution in [0.5, 0.6) is 11.5 Å². The summed E-state index contributed by atoms with van der Waals surface area (Å²) in [6.45, 7) is 2.20. The van der Waals surface area contributed by atoms with E-state index in [1.54, 1.807) is 24.3 Å². The van der Waals surface area contributed by atoms with E-state index in [4.69, 9.17) is 25.8 Å². The Hall–Kier alpha value is -3.04. The van der Waals surface area contributed by atoms with Gasteiger partial charge in [-0.05, 0) is 12.1 Å². The molecule has 0 radical (unpaired) electrons. The Bertz CT molecular complexity index is 945. The van der Waals surface area contributed by atoms with Gasteiger partial charge in [-0.3, -0.25) is 14.9 Å². The maximum absolute atomic E-state index is 12.6. The number of amides is 1. The number of ether oxygens (including phenoxy) is 3. The number of hydrogen-bond acceptors (Lipinski definition) is 7. The Labute approximate surface area is 164 Å². The third-order valence-corrected chi connectivity index (χ3v) is 4.81. The third kappa shape index (κ3) is 3.54. The van der Waals surface area contributed by atoms with Gasteiger partial charge >= 0.3 is 0 Å². The number of hydrogen-bond donors (Lipinski definition) is 1. The van der Waals surface area contributed by atoms with Gasteiger partial charge in [-0.15, -0.1) is 0 Å². The van der Waals surface area contributed by atoms with Gasteiger partial charge in [0.25, 0.3) is 11.6 Å². The molecule has 28 heavy (non-hydrogen) atoms. The van der Waals surface area contributed by atoms with Gasteiger partial charge < -0.3 is 24.4 Å². The van der Waals surface area contributed by atoms with Crippen LogP contribution in [0, 0.1) is 10.1 Å². The summed E-state index contributed by atoms with van der Waals surface area (Å²) in [5.74, 6) is 0.444. The number of nitrogens with zero attached hydrogens (tertiary/aromatic N) is 2. The van der Waals surface area contributed by atoms with Crippen LogP contribution in [-0.2, 0) is 4.74 Å². The third-order valence-electron chi connectivity index (χ3n) is 4.50. The number of halogens is 1. The molecule has 2 aromatic carbocycles. The molecule has 1 amide bonds. The maximum atomic E-state index is 12.6. The van der Waals surface area contributed by atoms with Gasteiger partial charge in [-0.1, -0.05) is 11.6 Å². The molecule has 0 bridgehead atoms. The monoisotopic (exact) mass is 405 g/mol. The summed E-state index contributed by atoms with van der Waals surface area (Å²) in [5, 5.41) is 14.5. The molecule has 146 valence electrons. The molecule has 0 spiro atoms. The lowest BCUT2D eigenvalue weighted by molar-refractivity contribution is -0.384. The van der Waals surface area contributed by atoms with Crippen molar-refractivity contribution >= 4 is 34.6 Å². The molecule has 0 atom stereocenters. The number of fused-ring (bicyclic) bond motifs is 1. The first-order chi connectivity index (χ1) is 13.5. The number of morpholine rings is 1. The minimum Gasteiger partial charge on any atom is -0.454 e. The largest absolute Gasteiger partial charge is 0.454 e. The predicted octanol–water partition coefficient (Wildman–Crippen LogP) is 3.07. The minimum atomic E-state index is -0.516. The molecule has 0 unspecified atom stereocenters. The molecular formula is C18H16ClN3O6. The number of anilines is 2. The summed E-state index contributed by atoms with van der Waals surface area (Å²) in [7, 11) is 0. The Morgan fingerprint density at radius 3 is 2.57 bits per heavy atom. The van der Waals surface area contributed by atoms with Crippen LogP contribution in [0.3, 0.4) is 0 Å². The first-order valence-corrected chi connectivity index (χ1v) is 8.92. The van der Waals surface area contributed by atoms with Crippen LogP contribution in [0.15, 0.2) is 30.3 Å². The first-order valence-electron chi connectivity index (χ1n) is 8.54. The van der Waals surface area contributed by atoms with Crippen LogP contribution in [0.2, 0.25) is 5.02 Å². The van der Waals surface area contributed by atoms with E-state index < -0.39 is 10.8 Å². The Balaban J connectivity index is 1.59. The summed E-state index contributed by atoms with van der Waals surface area (Å²) >= 11 is 6.17. The smallest absolute Gasteiger partial charge is 0.293 e. The fourth-order valence-corrected chi connectivity index (χ4v) is 3.29. The summed E-state index contributed by atoms with van der Waals surface area (Å²) < 4.78 is 15.8. The quantitative estimate of drug-likeness (QED) is 0.615. The molecule has 0 aliphatic carbocycles. The summed E-state index contributed by atoms with van der Waals surface area (Å²) in [6, 6.07) is 7.50. The van der Waals surface area contributed by atoms with E-state index in [1.165, 1.54) is 6.07 Å². The van der Waals surface area contributed by atoms with Gasteiger partial charge in [0.05, 0.1) is 28.8 Å². The highest BCUT2D eigenvalue weighted by Gasteiger charge is 2.24. The average molecular weight is 406 g/mol. The normalized spacial score (nSPS) is 15.4. The predicted molar refractivity (Wildman–Crippen MR) is 102 cm³/mol. The summed E-state index contributed by atoms with van der Waals surface area (Å²) in [6.07, 6.45) is 0.